The molecule has 0 bridgehead atoms. The number of rotatable bonds is 3. The van der Waals surface area contributed by atoms with Crippen molar-refractivity contribution in [3.05, 3.63) is 36.3 Å². The van der Waals surface area contributed by atoms with Gasteiger partial charge < -0.3 is 14.5 Å². The van der Waals surface area contributed by atoms with E-state index in [2.05, 4.69) is 24.1 Å². The molecule has 0 saturated carbocycles. The van der Waals surface area contributed by atoms with E-state index in [9.17, 15) is 4.79 Å². The monoisotopic (exact) mass is 301 g/mol. The average Bonchev–Trinajstić information content (AvgIpc) is 2.86. The normalized spacial score (nSPS) is 22.8. The summed E-state index contributed by atoms with van der Waals surface area (Å²) in [5.74, 6) is -0.0113. The molecule has 1 aliphatic rings. The SMILES string of the molecule is CC1(C)C[C@@H](NC(=O)Cc2cn3ccccc3n2)C(C)(C)O1. The van der Waals surface area contributed by atoms with Crippen LogP contribution < -0.4 is 5.32 Å². The van der Waals surface area contributed by atoms with Crippen molar-refractivity contribution in [1.29, 1.82) is 0 Å². The second kappa shape index (κ2) is 5.09. The van der Waals surface area contributed by atoms with Crippen LogP contribution in [-0.4, -0.2) is 32.5 Å². The molecule has 0 aromatic carbocycles. The molecule has 5 nitrogen and oxygen atoms in total. The summed E-state index contributed by atoms with van der Waals surface area (Å²) in [7, 11) is 0. The number of carbonyl (C=O) groups excluding carboxylic acids is 1. The van der Waals surface area contributed by atoms with E-state index in [0.717, 1.165) is 17.8 Å². The van der Waals surface area contributed by atoms with E-state index in [0.29, 0.717) is 0 Å². The van der Waals surface area contributed by atoms with Gasteiger partial charge in [0.15, 0.2) is 0 Å². The van der Waals surface area contributed by atoms with E-state index in [1.165, 1.54) is 0 Å². The third-order valence-electron chi connectivity index (χ3n) is 4.17. The van der Waals surface area contributed by atoms with Crippen molar-refractivity contribution in [2.45, 2.75) is 57.8 Å². The molecule has 0 radical (unpaired) electrons. The van der Waals surface area contributed by atoms with Gasteiger partial charge in [-0.1, -0.05) is 6.07 Å². The summed E-state index contributed by atoms with van der Waals surface area (Å²) in [4.78, 5) is 16.8. The van der Waals surface area contributed by atoms with Crippen molar-refractivity contribution in [2.24, 2.45) is 0 Å². The van der Waals surface area contributed by atoms with E-state index in [4.69, 9.17) is 4.74 Å². The van der Waals surface area contributed by atoms with Crippen LogP contribution in [0, 0.1) is 0 Å². The van der Waals surface area contributed by atoms with Crippen molar-refractivity contribution in [1.82, 2.24) is 14.7 Å². The first kappa shape index (κ1) is 15.0. The van der Waals surface area contributed by atoms with Crippen LogP contribution in [-0.2, 0) is 16.0 Å². The average molecular weight is 301 g/mol. The van der Waals surface area contributed by atoms with Gasteiger partial charge in [-0.15, -0.1) is 0 Å². The van der Waals surface area contributed by atoms with Gasteiger partial charge in [0.25, 0.3) is 0 Å². The summed E-state index contributed by atoms with van der Waals surface area (Å²) in [6.07, 6.45) is 4.93. The summed E-state index contributed by atoms with van der Waals surface area (Å²) in [6.45, 7) is 8.17. The number of amides is 1. The van der Waals surface area contributed by atoms with Crippen LogP contribution in [0.4, 0.5) is 0 Å². The Balaban J connectivity index is 1.67. The van der Waals surface area contributed by atoms with Gasteiger partial charge in [0.1, 0.15) is 5.65 Å². The molecule has 1 aliphatic heterocycles. The zero-order valence-electron chi connectivity index (χ0n) is 13.6. The van der Waals surface area contributed by atoms with Crippen molar-refractivity contribution >= 4 is 11.6 Å². The molecule has 1 N–H and O–H groups in total. The quantitative estimate of drug-likeness (QED) is 0.946. The molecule has 3 rings (SSSR count). The third-order valence-corrected chi connectivity index (χ3v) is 4.17. The second-order valence-electron chi connectivity index (χ2n) is 7.16. The Kier molecular flexibility index (Phi) is 3.48. The number of hydrogen-bond donors (Lipinski definition) is 1. The fourth-order valence-electron chi connectivity index (χ4n) is 3.27. The van der Waals surface area contributed by atoms with E-state index < -0.39 is 0 Å². The lowest BCUT2D eigenvalue weighted by Gasteiger charge is -2.27. The van der Waals surface area contributed by atoms with Crippen molar-refractivity contribution < 1.29 is 9.53 Å². The summed E-state index contributed by atoms with van der Waals surface area (Å²) < 4.78 is 7.94. The Bertz CT molecular complexity index is 670. The standard InChI is InChI=1S/C17H23N3O2/c1-16(2)10-13(17(3,4)22-16)19-15(21)9-12-11-20-8-6-5-7-14(20)18-12/h5-8,11,13H,9-10H2,1-4H3,(H,19,21)/t13-/m1/s1. The van der Waals surface area contributed by atoms with Gasteiger partial charge in [-0.25, -0.2) is 4.98 Å². The lowest BCUT2D eigenvalue weighted by Crippen LogP contribution is -2.46. The van der Waals surface area contributed by atoms with E-state index in [1.54, 1.807) is 0 Å². The molecule has 0 spiro atoms. The number of nitrogens with zero attached hydrogens (tertiary/aromatic N) is 2. The Morgan fingerprint density at radius 1 is 1.41 bits per heavy atom. The third kappa shape index (κ3) is 2.99. The highest BCUT2D eigenvalue weighted by atomic mass is 16.5. The first-order chi connectivity index (χ1) is 10.3. The van der Waals surface area contributed by atoms with Gasteiger partial charge >= 0.3 is 0 Å². The van der Waals surface area contributed by atoms with Crippen molar-refractivity contribution in [3.8, 4) is 0 Å². The molecular weight excluding hydrogens is 278 g/mol. The van der Waals surface area contributed by atoms with Crippen LogP contribution in [0.2, 0.25) is 0 Å². The predicted molar refractivity (Wildman–Crippen MR) is 84.7 cm³/mol. The molecule has 118 valence electrons. The van der Waals surface area contributed by atoms with E-state index >= 15 is 0 Å². The summed E-state index contributed by atoms with van der Waals surface area (Å²) in [5, 5.41) is 3.10. The number of hydrogen-bond acceptors (Lipinski definition) is 3. The molecule has 1 saturated heterocycles. The lowest BCUT2D eigenvalue weighted by molar-refractivity contribution is -0.123. The molecule has 1 atom stereocenters. The van der Waals surface area contributed by atoms with E-state index in [-0.39, 0.29) is 29.6 Å². The molecule has 5 heteroatoms. The van der Waals surface area contributed by atoms with Gasteiger partial charge in [-0.2, -0.15) is 0 Å². The fourth-order valence-corrected chi connectivity index (χ4v) is 3.27. The van der Waals surface area contributed by atoms with Crippen LogP contribution in [0.25, 0.3) is 5.65 Å². The largest absolute Gasteiger partial charge is 0.367 e. The van der Waals surface area contributed by atoms with Crippen molar-refractivity contribution in [2.75, 3.05) is 0 Å². The smallest absolute Gasteiger partial charge is 0.226 e. The second-order valence-corrected chi connectivity index (χ2v) is 7.16. The molecule has 0 unspecified atom stereocenters. The van der Waals surface area contributed by atoms with E-state index in [1.807, 2.05) is 48.8 Å². The minimum Gasteiger partial charge on any atom is -0.367 e. The molecule has 1 fully saturated rings. The molecular formula is C17H23N3O2. The maximum atomic E-state index is 12.3. The van der Waals surface area contributed by atoms with Crippen LogP contribution >= 0.6 is 0 Å². The highest BCUT2D eigenvalue weighted by Crippen LogP contribution is 2.37. The Morgan fingerprint density at radius 3 is 2.82 bits per heavy atom. The summed E-state index contributed by atoms with van der Waals surface area (Å²) in [6, 6.07) is 5.83. The minimum absolute atomic E-state index is 0.0113. The van der Waals surface area contributed by atoms with Gasteiger partial charge in [-0.3, -0.25) is 4.79 Å². The number of pyridine rings is 1. The number of fused-ring (bicyclic) bond motifs is 1. The maximum Gasteiger partial charge on any atom is 0.226 e. The predicted octanol–water partition coefficient (Wildman–Crippen LogP) is 2.34. The molecule has 2 aromatic heterocycles. The van der Waals surface area contributed by atoms with Crippen LogP contribution in [0.1, 0.15) is 39.8 Å². The highest BCUT2D eigenvalue weighted by Gasteiger charge is 2.46. The van der Waals surface area contributed by atoms with Gasteiger partial charge in [0.05, 0.1) is 29.4 Å². The fraction of sp³-hybridized carbons (Fsp3) is 0.529. The number of imidazole rings is 1. The minimum atomic E-state index is -0.349. The lowest BCUT2D eigenvalue weighted by atomic mass is 9.94. The summed E-state index contributed by atoms with van der Waals surface area (Å²) in [5.41, 5.74) is 1.08. The van der Waals surface area contributed by atoms with Crippen LogP contribution in [0.5, 0.6) is 0 Å². The van der Waals surface area contributed by atoms with Gasteiger partial charge in [0, 0.05) is 12.4 Å². The maximum absolute atomic E-state index is 12.3. The van der Waals surface area contributed by atoms with Gasteiger partial charge in [-0.05, 0) is 46.2 Å². The number of ether oxygens (including phenoxy) is 1. The molecule has 1 amide bonds. The van der Waals surface area contributed by atoms with Crippen LogP contribution in [0.15, 0.2) is 30.6 Å². The molecule has 0 aliphatic carbocycles. The first-order valence-electron chi connectivity index (χ1n) is 7.67. The molecule has 2 aromatic rings. The number of aromatic nitrogens is 2. The summed E-state index contributed by atoms with van der Waals surface area (Å²) >= 11 is 0. The molecule has 22 heavy (non-hydrogen) atoms. The first-order valence-corrected chi connectivity index (χ1v) is 7.67. The van der Waals surface area contributed by atoms with Crippen molar-refractivity contribution in [3.63, 3.8) is 0 Å². The topological polar surface area (TPSA) is 55.6 Å². The zero-order chi connectivity index (χ0) is 16.0. The highest BCUT2D eigenvalue weighted by molar-refractivity contribution is 5.78. The Morgan fingerprint density at radius 2 is 2.18 bits per heavy atom. The number of carbonyl (C=O) groups is 1. The zero-order valence-corrected chi connectivity index (χ0v) is 13.6. The molecule has 3 heterocycles. The van der Waals surface area contributed by atoms with Gasteiger partial charge in [0.2, 0.25) is 5.91 Å². The number of nitrogens with one attached hydrogen (secondary N) is 1. The van der Waals surface area contributed by atoms with Crippen LogP contribution in [0.3, 0.4) is 0 Å². The Hall–Kier alpha value is -1.88. The Labute approximate surface area is 130 Å².